The standard InChI is InChI=1S/C17H21FN4O/c1-12(13-4-3-5-14(18)10-13)17(23)22-9-6-19-11-15(22)16-20-7-8-21(16)2/h3-5,7-8,10,12,15,19H,6,9,11H2,1-2H3. The molecule has 2 atom stereocenters. The van der Waals surface area contributed by atoms with Gasteiger partial charge in [-0.05, 0) is 24.6 Å². The Bertz CT molecular complexity index is 699. The summed E-state index contributed by atoms with van der Waals surface area (Å²) in [5.74, 6) is 0.164. The lowest BCUT2D eigenvalue weighted by Gasteiger charge is -2.37. The molecule has 0 spiro atoms. The lowest BCUT2D eigenvalue weighted by Crippen LogP contribution is -2.50. The number of aromatic nitrogens is 2. The molecule has 0 aliphatic carbocycles. The molecule has 1 saturated heterocycles. The molecule has 0 bridgehead atoms. The molecule has 0 saturated carbocycles. The molecule has 1 amide bonds. The molecule has 1 aromatic carbocycles. The van der Waals surface area contributed by atoms with Gasteiger partial charge < -0.3 is 14.8 Å². The molecular formula is C17H21FN4O. The minimum Gasteiger partial charge on any atom is -0.336 e. The number of benzene rings is 1. The van der Waals surface area contributed by atoms with E-state index in [4.69, 9.17) is 0 Å². The molecule has 5 nitrogen and oxygen atoms in total. The van der Waals surface area contributed by atoms with Crippen LogP contribution in [-0.2, 0) is 11.8 Å². The Morgan fingerprint density at radius 3 is 3.00 bits per heavy atom. The smallest absolute Gasteiger partial charge is 0.230 e. The van der Waals surface area contributed by atoms with Gasteiger partial charge in [0, 0.05) is 39.1 Å². The lowest BCUT2D eigenvalue weighted by molar-refractivity contribution is -0.136. The number of hydrogen-bond acceptors (Lipinski definition) is 3. The average molecular weight is 316 g/mol. The molecule has 3 rings (SSSR count). The van der Waals surface area contributed by atoms with Crippen LogP contribution in [-0.4, -0.2) is 40.0 Å². The quantitative estimate of drug-likeness (QED) is 0.940. The molecule has 1 aliphatic rings. The predicted octanol–water partition coefficient (Wildman–Crippen LogP) is 1.84. The first-order valence-corrected chi connectivity index (χ1v) is 7.82. The summed E-state index contributed by atoms with van der Waals surface area (Å²) in [5, 5.41) is 3.32. The van der Waals surface area contributed by atoms with Crippen molar-refractivity contribution in [1.82, 2.24) is 19.8 Å². The fourth-order valence-corrected chi connectivity index (χ4v) is 3.06. The maximum absolute atomic E-state index is 13.4. The number of amides is 1. The zero-order valence-corrected chi connectivity index (χ0v) is 13.4. The van der Waals surface area contributed by atoms with Gasteiger partial charge in [0.15, 0.2) is 0 Å². The van der Waals surface area contributed by atoms with E-state index in [1.807, 2.05) is 29.6 Å². The highest BCUT2D eigenvalue weighted by Crippen LogP contribution is 2.26. The topological polar surface area (TPSA) is 50.2 Å². The van der Waals surface area contributed by atoms with E-state index in [2.05, 4.69) is 10.3 Å². The van der Waals surface area contributed by atoms with Crippen LogP contribution in [0, 0.1) is 5.82 Å². The van der Waals surface area contributed by atoms with E-state index >= 15 is 0 Å². The van der Waals surface area contributed by atoms with E-state index < -0.39 is 0 Å². The number of hydrogen-bond donors (Lipinski definition) is 1. The molecule has 2 heterocycles. The molecule has 122 valence electrons. The van der Waals surface area contributed by atoms with Crippen LogP contribution in [0.4, 0.5) is 4.39 Å². The third kappa shape index (κ3) is 3.12. The number of carbonyl (C=O) groups excluding carboxylic acids is 1. The summed E-state index contributed by atoms with van der Waals surface area (Å²) in [4.78, 5) is 19.2. The van der Waals surface area contributed by atoms with Crippen molar-refractivity contribution in [3.63, 3.8) is 0 Å². The van der Waals surface area contributed by atoms with Crippen LogP contribution in [0.25, 0.3) is 0 Å². The number of nitrogens with one attached hydrogen (secondary N) is 1. The molecule has 0 radical (unpaired) electrons. The van der Waals surface area contributed by atoms with Crippen molar-refractivity contribution in [3.8, 4) is 0 Å². The SMILES string of the molecule is CC(C(=O)N1CCNCC1c1nccn1C)c1cccc(F)c1. The summed E-state index contributed by atoms with van der Waals surface area (Å²) in [6.07, 6.45) is 3.62. The van der Waals surface area contributed by atoms with Gasteiger partial charge in [-0.15, -0.1) is 0 Å². The van der Waals surface area contributed by atoms with Crippen LogP contribution in [0.2, 0.25) is 0 Å². The summed E-state index contributed by atoms with van der Waals surface area (Å²) in [6, 6.07) is 6.15. The zero-order chi connectivity index (χ0) is 16.4. The van der Waals surface area contributed by atoms with Crippen molar-refractivity contribution in [2.75, 3.05) is 19.6 Å². The van der Waals surface area contributed by atoms with E-state index in [0.29, 0.717) is 18.7 Å². The van der Waals surface area contributed by atoms with Crippen LogP contribution in [0.3, 0.4) is 0 Å². The fraction of sp³-hybridized carbons (Fsp3) is 0.412. The van der Waals surface area contributed by atoms with Crippen molar-refractivity contribution in [3.05, 3.63) is 53.9 Å². The Labute approximate surface area is 135 Å². The van der Waals surface area contributed by atoms with Crippen molar-refractivity contribution >= 4 is 5.91 Å². The van der Waals surface area contributed by atoms with Gasteiger partial charge in [0.05, 0.1) is 5.92 Å². The number of piperazine rings is 1. The van der Waals surface area contributed by atoms with Crippen LogP contribution in [0.1, 0.15) is 30.3 Å². The van der Waals surface area contributed by atoms with Crippen LogP contribution >= 0.6 is 0 Å². The zero-order valence-electron chi connectivity index (χ0n) is 13.4. The first-order chi connectivity index (χ1) is 11.1. The normalized spacial score (nSPS) is 19.6. The highest BCUT2D eigenvalue weighted by Gasteiger charge is 2.33. The molecule has 1 aromatic heterocycles. The van der Waals surface area contributed by atoms with Gasteiger partial charge in [-0.2, -0.15) is 0 Å². The first-order valence-electron chi connectivity index (χ1n) is 7.82. The second kappa shape index (κ2) is 6.50. The van der Waals surface area contributed by atoms with Gasteiger partial charge in [0.25, 0.3) is 0 Å². The molecule has 1 aliphatic heterocycles. The van der Waals surface area contributed by atoms with E-state index in [0.717, 1.165) is 12.4 Å². The van der Waals surface area contributed by atoms with Gasteiger partial charge in [0.1, 0.15) is 17.7 Å². The Hall–Kier alpha value is -2.21. The summed E-state index contributed by atoms with van der Waals surface area (Å²) >= 11 is 0. The highest BCUT2D eigenvalue weighted by atomic mass is 19.1. The molecule has 1 fully saturated rings. The number of nitrogens with zero attached hydrogens (tertiary/aromatic N) is 3. The maximum Gasteiger partial charge on any atom is 0.230 e. The van der Waals surface area contributed by atoms with Crippen molar-refractivity contribution in [2.45, 2.75) is 18.9 Å². The van der Waals surface area contributed by atoms with E-state index in [1.54, 1.807) is 18.3 Å². The Morgan fingerprint density at radius 1 is 1.48 bits per heavy atom. The predicted molar refractivity (Wildman–Crippen MR) is 85.3 cm³/mol. The van der Waals surface area contributed by atoms with Crippen LogP contribution < -0.4 is 5.32 Å². The van der Waals surface area contributed by atoms with Gasteiger partial charge in [0.2, 0.25) is 5.91 Å². The van der Waals surface area contributed by atoms with Crippen molar-refractivity contribution in [1.29, 1.82) is 0 Å². The number of imidazole rings is 1. The van der Waals surface area contributed by atoms with Gasteiger partial charge >= 0.3 is 0 Å². The second-order valence-electron chi connectivity index (χ2n) is 5.92. The minimum atomic E-state index is -0.383. The number of halogens is 1. The Balaban J connectivity index is 1.85. The van der Waals surface area contributed by atoms with E-state index in [9.17, 15) is 9.18 Å². The number of rotatable bonds is 3. The highest BCUT2D eigenvalue weighted by molar-refractivity contribution is 5.83. The van der Waals surface area contributed by atoms with Crippen LogP contribution in [0.5, 0.6) is 0 Å². The monoisotopic (exact) mass is 316 g/mol. The minimum absolute atomic E-state index is 0.00472. The van der Waals surface area contributed by atoms with Gasteiger partial charge in [-0.25, -0.2) is 9.37 Å². The molecule has 2 aromatic rings. The van der Waals surface area contributed by atoms with E-state index in [1.165, 1.54) is 12.1 Å². The number of aryl methyl sites for hydroxylation is 1. The number of carbonyl (C=O) groups is 1. The summed E-state index contributed by atoms with van der Waals surface area (Å²) in [5.41, 5.74) is 0.701. The largest absolute Gasteiger partial charge is 0.336 e. The molecule has 2 unspecified atom stereocenters. The van der Waals surface area contributed by atoms with Gasteiger partial charge in [-0.1, -0.05) is 12.1 Å². The maximum atomic E-state index is 13.4. The average Bonchev–Trinajstić information content (AvgIpc) is 2.99. The summed E-state index contributed by atoms with van der Waals surface area (Å²) in [6.45, 7) is 3.87. The van der Waals surface area contributed by atoms with Gasteiger partial charge in [-0.3, -0.25) is 4.79 Å². The Kier molecular flexibility index (Phi) is 4.43. The first kappa shape index (κ1) is 15.7. The van der Waals surface area contributed by atoms with Crippen molar-refractivity contribution < 1.29 is 9.18 Å². The third-order valence-electron chi connectivity index (χ3n) is 4.40. The fourth-order valence-electron chi connectivity index (χ4n) is 3.06. The lowest BCUT2D eigenvalue weighted by atomic mass is 9.98. The van der Waals surface area contributed by atoms with Crippen LogP contribution in [0.15, 0.2) is 36.7 Å². The van der Waals surface area contributed by atoms with Crippen molar-refractivity contribution in [2.24, 2.45) is 7.05 Å². The molecule has 23 heavy (non-hydrogen) atoms. The molecule has 6 heteroatoms. The third-order valence-corrected chi connectivity index (χ3v) is 4.40. The molecular weight excluding hydrogens is 295 g/mol. The molecule has 1 N–H and O–H groups in total. The second-order valence-corrected chi connectivity index (χ2v) is 5.92. The summed E-state index contributed by atoms with van der Waals surface area (Å²) < 4.78 is 15.4. The Morgan fingerprint density at radius 2 is 2.30 bits per heavy atom. The van der Waals surface area contributed by atoms with E-state index in [-0.39, 0.29) is 23.7 Å². The summed E-state index contributed by atoms with van der Waals surface area (Å²) in [7, 11) is 1.93.